The van der Waals surface area contributed by atoms with Gasteiger partial charge in [0.1, 0.15) is 11.9 Å². The van der Waals surface area contributed by atoms with Crippen molar-refractivity contribution >= 4 is 92.1 Å². The zero-order valence-corrected chi connectivity index (χ0v) is 35.8. The summed E-state index contributed by atoms with van der Waals surface area (Å²) < 4.78 is 17.3. The van der Waals surface area contributed by atoms with E-state index in [1.807, 2.05) is 11.3 Å². The Labute approximate surface area is 377 Å². The van der Waals surface area contributed by atoms with Crippen molar-refractivity contribution in [2.75, 3.05) is 0 Å². The van der Waals surface area contributed by atoms with E-state index in [-0.39, 0.29) is 12.0 Å². The summed E-state index contributed by atoms with van der Waals surface area (Å²) in [5, 5.41) is 8.70. The van der Waals surface area contributed by atoms with Crippen molar-refractivity contribution in [1.29, 1.82) is 0 Å². The van der Waals surface area contributed by atoms with Crippen molar-refractivity contribution in [3.05, 3.63) is 223 Å². The summed E-state index contributed by atoms with van der Waals surface area (Å²) in [5.41, 5.74) is 15.4. The van der Waals surface area contributed by atoms with Gasteiger partial charge in [-0.3, -0.25) is 0 Å². The molecule has 9 aromatic carbocycles. The fourth-order valence-electron chi connectivity index (χ4n) is 11.4. The minimum atomic E-state index is -0.165. The lowest BCUT2D eigenvalue weighted by Crippen LogP contribution is -2.13. The highest BCUT2D eigenvalue weighted by Gasteiger charge is 2.41. The third-order valence-electron chi connectivity index (χ3n) is 14.2. The van der Waals surface area contributed by atoms with Crippen LogP contribution >= 0.6 is 11.3 Å². The van der Waals surface area contributed by atoms with E-state index in [2.05, 4.69) is 226 Å². The predicted octanol–water partition coefficient (Wildman–Crippen LogP) is 16.1. The molecule has 4 aromatic heterocycles. The van der Waals surface area contributed by atoms with Crippen LogP contribution in [0.3, 0.4) is 0 Å². The van der Waals surface area contributed by atoms with Crippen LogP contribution in [0.15, 0.2) is 206 Å². The Morgan fingerprint density at radius 1 is 0.400 bits per heavy atom. The van der Waals surface area contributed by atoms with E-state index in [0.717, 1.165) is 28.3 Å². The molecule has 0 N–H and O–H groups in total. The van der Waals surface area contributed by atoms with Crippen LogP contribution < -0.4 is 4.74 Å². The number of rotatable bonds is 4. The fraction of sp³-hybridized carbons (Fsp3) is 0.0333. The largest absolute Gasteiger partial charge is 0.484 e. The molecule has 5 heteroatoms. The van der Waals surface area contributed by atoms with Crippen LogP contribution in [-0.4, -0.2) is 13.7 Å². The van der Waals surface area contributed by atoms with Gasteiger partial charge in [-0.15, -0.1) is 11.3 Å². The number of hydrogen-bond acceptors (Lipinski definition) is 2. The lowest BCUT2D eigenvalue weighted by molar-refractivity contribution is 0.227. The van der Waals surface area contributed by atoms with Crippen LogP contribution in [0.25, 0.3) is 109 Å². The van der Waals surface area contributed by atoms with Crippen molar-refractivity contribution in [3.8, 4) is 33.9 Å². The smallest absolute Gasteiger partial charge is 0.137 e. The first-order valence-corrected chi connectivity index (χ1v) is 23.2. The lowest BCUT2D eigenvalue weighted by atomic mass is 9.85. The van der Waals surface area contributed by atoms with Gasteiger partial charge in [-0.2, -0.15) is 0 Å². The van der Waals surface area contributed by atoms with Crippen LogP contribution in [0.1, 0.15) is 28.8 Å². The summed E-state index contributed by atoms with van der Waals surface area (Å²) in [6, 6.07) is 73.4. The summed E-state index contributed by atoms with van der Waals surface area (Å²) in [6.07, 6.45) is 4.57. The van der Waals surface area contributed by atoms with Gasteiger partial charge in [-0.25, -0.2) is 0 Å². The first kappa shape index (κ1) is 35.4. The van der Waals surface area contributed by atoms with E-state index < -0.39 is 0 Å². The number of benzene rings is 9. The van der Waals surface area contributed by atoms with Gasteiger partial charge in [0.25, 0.3) is 0 Å². The molecule has 1 aliphatic heterocycles. The molecule has 1 aliphatic carbocycles. The first-order chi connectivity index (χ1) is 32.2. The molecule has 15 rings (SSSR count). The van der Waals surface area contributed by atoms with Gasteiger partial charge in [0, 0.05) is 75.8 Å². The highest BCUT2D eigenvalue weighted by molar-refractivity contribution is 7.25. The summed E-state index contributed by atoms with van der Waals surface area (Å²) >= 11 is 1.86. The maximum atomic E-state index is 7.43. The molecule has 4 nitrogen and oxygen atoms in total. The second-order valence-corrected chi connectivity index (χ2v) is 18.6. The van der Waals surface area contributed by atoms with Crippen LogP contribution in [0, 0.1) is 0 Å². The highest BCUT2D eigenvalue weighted by atomic mass is 32.1. The predicted molar refractivity (Wildman–Crippen MR) is 272 cm³/mol. The monoisotopic (exact) mass is 847 g/mol. The van der Waals surface area contributed by atoms with Gasteiger partial charge in [0.15, 0.2) is 0 Å². The molecule has 65 heavy (non-hydrogen) atoms. The van der Waals surface area contributed by atoms with Crippen LogP contribution in [0.5, 0.6) is 5.75 Å². The van der Waals surface area contributed by atoms with E-state index >= 15 is 0 Å². The molecule has 2 atom stereocenters. The maximum absolute atomic E-state index is 7.43. The zero-order chi connectivity index (χ0) is 42.3. The second-order valence-electron chi connectivity index (χ2n) is 17.6. The van der Waals surface area contributed by atoms with Crippen molar-refractivity contribution in [1.82, 2.24) is 13.7 Å². The number of hydrogen-bond donors (Lipinski definition) is 0. The molecule has 0 saturated heterocycles. The Balaban J connectivity index is 0.870. The molecule has 2 aliphatic rings. The van der Waals surface area contributed by atoms with E-state index in [9.17, 15) is 0 Å². The molecule has 0 radical (unpaired) electrons. The average molecular weight is 848 g/mol. The topological polar surface area (TPSA) is 24.0 Å². The fourth-order valence-corrected chi connectivity index (χ4v) is 12.5. The Bertz CT molecular complexity index is 4180. The van der Waals surface area contributed by atoms with Crippen LogP contribution in [0.4, 0.5) is 0 Å². The minimum Gasteiger partial charge on any atom is -0.484 e. The zero-order valence-electron chi connectivity index (χ0n) is 35.0. The van der Waals surface area contributed by atoms with Crippen molar-refractivity contribution in [3.63, 3.8) is 0 Å². The SMILES string of the molecule is C1=CC2c3ccc4c(c3OC2c2c1n(-c1cccc(-c3ccc5sc6ccccc6c5c3)c1)c1ccccc21)c1ccccc1n4-c1ccc2c(c1)c1ccccc1n2-c1ccccc1. The number of para-hydroxylation sites is 4. The number of fused-ring (bicyclic) bond motifs is 17. The normalized spacial score (nSPS) is 15.4. The van der Waals surface area contributed by atoms with Crippen molar-refractivity contribution < 1.29 is 4.74 Å². The van der Waals surface area contributed by atoms with Gasteiger partial charge in [0.05, 0.1) is 38.7 Å². The molecule has 0 amide bonds. The highest BCUT2D eigenvalue weighted by Crippen LogP contribution is 2.56. The number of nitrogens with zero attached hydrogens (tertiary/aromatic N) is 3. The third-order valence-corrected chi connectivity index (χ3v) is 15.3. The molecular weight excluding hydrogens is 811 g/mol. The van der Waals surface area contributed by atoms with Gasteiger partial charge < -0.3 is 18.4 Å². The van der Waals surface area contributed by atoms with Gasteiger partial charge >= 0.3 is 0 Å². The maximum Gasteiger partial charge on any atom is 0.137 e. The molecule has 5 heterocycles. The second kappa shape index (κ2) is 13.2. The molecule has 0 spiro atoms. The van der Waals surface area contributed by atoms with E-state index in [0.29, 0.717) is 0 Å². The number of thiophene rings is 1. The minimum absolute atomic E-state index is 0.0854. The quantitative estimate of drug-likeness (QED) is 0.173. The Morgan fingerprint density at radius 2 is 1.03 bits per heavy atom. The van der Waals surface area contributed by atoms with Crippen molar-refractivity contribution in [2.45, 2.75) is 12.0 Å². The third kappa shape index (κ3) is 4.90. The van der Waals surface area contributed by atoms with Crippen molar-refractivity contribution in [2.24, 2.45) is 0 Å². The van der Waals surface area contributed by atoms with Gasteiger partial charge in [-0.05, 0) is 102 Å². The first-order valence-electron chi connectivity index (χ1n) is 22.4. The summed E-state index contributed by atoms with van der Waals surface area (Å²) in [5.74, 6) is 1.07. The molecule has 0 bridgehead atoms. The van der Waals surface area contributed by atoms with Gasteiger partial charge in [-0.1, -0.05) is 121 Å². The van der Waals surface area contributed by atoms with E-state index in [1.54, 1.807) is 0 Å². The molecular formula is C60H37N3OS. The molecule has 0 saturated carbocycles. The summed E-state index contributed by atoms with van der Waals surface area (Å²) in [6.45, 7) is 0. The standard InChI is InChI=1S/C60H37N3OS/c1-2-14-38(15-3-1)61-49-21-8-4-17-41(49)47-35-40(26-29-52(47)61)63-51-23-10-6-20-46(51)58-54(63)31-28-44-43-27-30-53-57(59(43)64-60(44)58)45-19-5-9-22-50(45)62(53)39-16-12-13-36(33-39)37-25-32-56-48(34-37)42-18-7-11-24-55(42)65-56/h1-35,43,59H. The Kier molecular flexibility index (Phi) is 7.18. The summed E-state index contributed by atoms with van der Waals surface area (Å²) in [7, 11) is 0. The van der Waals surface area contributed by atoms with Crippen LogP contribution in [-0.2, 0) is 0 Å². The van der Waals surface area contributed by atoms with E-state index in [1.165, 1.54) is 97.1 Å². The molecule has 2 unspecified atom stereocenters. The van der Waals surface area contributed by atoms with E-state index in [4.69, 9.17) is 4.74 Å². The Hall–Kier alpha value is -8.12. The van der Waals surface area contributed by atoms with Crippen LogP contribution in [0.2, 0.25) is 0 Å². The Morgan fingerprint density at radius 3 is 1.89 bits per heavy atom. The lowest BCUT2D eigenvalue weighted by Gasteiger charge is -2.22. The molecule has 13 aromatic rings. The number of ether oxygens (including phenoxy) is 1. The van der Waals surface area contributed by atoms with Gasteiger partial charge in [0.2, 0.25) is 0 Å². The summed E-state index contributed by atoms with van der Waals surface area (Å²) in [4.78, 5) is 0. The molecule has 0 fully saturated rings. The molecule has 304 valence electrons. The number of aromatic nitrogens is 3. The average Bonchev–Trinajstić information content (AvgIpc) is 4.17.